The lowest BCUT2D eigenvalue weighted by Crippen LogP contribution is -2.40. The number of fused-ring (bicyclic) bond motifs is 1. The van der Waals surface area contributed by atoms with E-state index in [0.717, 1.165) is 12.5 Å². The second-order valence-electron chi connectivity index (χ2n) is 5.86. The monoisotopic (exact) mass is 358 g/mol. The normalized spacial score (nSPS) is 16.2. The Labute approximate surface area is 147 Å². The Morgan fingerprint density at radius 3 is 2.92 bits per heavy atom. The summed E-state index contributed by atoms with van der Waals surface area (Å²) in [5.41, 5.74) is 0. The van der Waals surface area contributed by atoms with Crippen LogP contribution < -0.4 is 24.8 Å². The van der Waals surface area contributed by atoms with E-state index in [-0.39, 0.29) is 44.8 Å². The number of rotatable bonds is 9. The third-order valence-electron chi connectivity index (χ3n) is 3.74. The third-order valence-corrected chi connectivity index (χ3v) is 3.74. The first kappa shape index (κ1) is 18.6. The molecule has 3 rings (SSSR count). The Morgan fingerprint density at radius 1 is 1.33 bits per heavy atom. The zero-order valence-corrected chi connectivity index (χ0v) is 14.1. The summed E-state index contributed by atoms with van der Waals surface area (Å²) in [5.74, 6) is 2.53. The van der Waals surface area contributed by atoms with Crippen molar-refractivity contribution in [1.82, 2.24) is 10.6 Å². The van der Waals surface area contributed by atoms with Crippen LogP contribution in [0.1, 0.15) is 12.8 Å². The molecule has 1 aromatic rings. The van der Waals surface area contributed by atoms with Gasteiger partial charge in [-0.2, -0.15) is 0 Å². The lowest BCUT2D eigenvalue weighted by atomic mass is 10.3. The predicted molar refractivity (Wildman–Crippen MR) is 89.9 cm³/mol. The van der Waals surface area contributed by atoms with Crippen molar-refractivity contribution in [3.8, 4) is 17.2 Å². The smallest absolute Gasteiger partial charge is 0.234 e. The molecule has 1 aliphatic carbocycles. The van der Waals surface area contributed by atoms with Crippen molar-refractivity contribution in [2.75, 3.05) is 33.0 Å². The minimum absolute atomic E-state index is 0. The van der Waals surface area contributed by atoms with Gasteiger partial charge < -0.3 is 30.0 Å². The van der Waals surface area contributed by atoms with E-state index in [1.807, 2.05) is 0 Å². The fourth-order valence-electron chi connectivity index (χ4n) is 2.22. The molecule has 1 unspecified atom stereocenters. The van der Waals surface area contributed by atoms with Crippen molar-refractivity contribution in [3.05, 3.63) is 18.2 Å². The molecule has 24 heavy (non-hydrogen) atoms. The molecule has 1 fully saturated rings. The SMILES string of the molecule is Cl.O=C(CNCC1CC1)NCC(O)COc1ccc2c(c1)OCO2. The van der Waals surface area contributed by atoms with Crippen molar-refractivity contribution >= 4 is 18.3 Å². The van der Waals surface area contributed by atoms with Crippen molar-refractivity contribution in [1.29, 1.82) is 0 Å². The van der Waals surface area contributed by atoms with Crippen molar-refractivity contribution in [2.45, 2.75) is 18.9 Å². The second kappa shape index (κ2) is 8.96. The molecule has 1 amide bonds. The zero-order valence-electron chi connectivity index (χ0n) is 13.3. The fourth-order valence-corrected chi connectivity index (χ4v) is 2.22. The number of amides is 1. The lowest BCUT2D eigenvalue weighted by Gasteiger charge is -2.13. The number of halogens is 1. The first-order chi connectivity index (χ1) is 11.2. The van der Waals surface area contributed by atoms with Gasteiger partial charge >= 0.3 is 0 Å². The molecule has 1 saturated carbocycles. The van der Waals surface area contributed by atoms with Crippen molar-refractivity contribution in [3.63, 3.8) is 0 Å². The number of aliphatic hydroxyl groups excluding tert-OH is 1. The summed E-state index contributed by atoms with van der Waals surface area (Å²) in [6.07, 6.45) is 1.74. The number of nitrogens with one attached hydrogen (secondary N) is 2. The highest BCUT2D eigenvalue weighted by atomic mass is 35.5. The summed E-state index contributed by atoms with van der Waals surface area (Å²) in [4.78, 5) is 11.6. The standard InChI is InChI=1S/C16H22N2O5.ClH/c19-12(7-18-16(20)8-17-6-11-1-2-11)9-21-13-3-4-14-15(5-13)23-10-22-14;/h3-5,11-12,17,19H,1-2,6-10H2,(H,18,20);1H. The molecule has 1 aromatic carbocycles. The van der Waals surface area contributed by atoms with E-state index in [9.17, 15) is 9.90 Å². The molecule has 8 heteroatoms. The molecular formula is C16H23ClN2O5. The molecular weight excluding hydrogens is 336 g/mol. The van der Waals surface area contributed by atoms with E-state index in [4.69, 9.17) is 14.2 Å². The Kier molecular flexibility index (Phi) is 6.96. The van der Waals surface area contributed by atoms with Crippen LogP contribution in [0.25, 0.3) is 0 Å². The van der Waals surface area contributed by atoms with Gasteiger partial charge in [-0.1, -0.05) is 0 Å². The summed E-state index contributed by atoms with van der Waals surface area (Å²) in [6.45, 7) is 1.64. The molecule has 1 aliphatic heterocycles. The fraction of sp³-hybridized carbons (Fsp3) is 0.562. The van der Waals surface area contributed by atoms with Crippen LogP contribution >= 0.6 is 12.4 Å². The van der Waals surface area contributed by atoms with Gasteiger partial charge in [0.25, 0.3) is 0 Å². The van der Waals surface area contributed by atoms with Crippen LogP contribution in [0.5, 0.6) is 17.2 Å². The van der Waals surface area contributed by atoms with Gasteiger partial charge in [-0.05, 0) is 37.4 Å². The van der Waals surface area contributed by atoms with Crippen molar-refractivity contribution < 1.29 is 24.1 Å². The van der Waals surface area contributed by atoms with Gasteiger partial charge in [0.1, 0.15) is 18.5 Å². The highest BCUT2D eigenvalue weighted by Gasteiger charge is 2.20. The number of aliphatic hydroxyl groups is 1. The maximum absolute atomic E-state index is 11.6. The molecule has 134 valence electrons. The third kappa shape index (κ3) is 5.74. The topological polar surface area (TPSA) is 89.1 Å². The van der Waals surface area contributed by atoms with Crippen LogP contribution in [0.4, 0.5) is 0 Å². The van der Waals surface area contributed by atoms with Crippen LogP contribution in [0.2, 0.25) is 0 Å². The number of hydrogen-bond donors (Lipinski definition) is 3. The summed E-state index contributed by atoms with van der Waals surface area (Å²) >= 11 is 0. The van der Waals surface area contributed by atoms with Gasteiger partial charge in [0, 0.05) is 12.6 Å². The van der Waals surface area contributed by atoms with E-state index in [0.29, 0.717) is 17.2 Å². The highest BCUT2D eigenvalue weighted by molar-refractivity contribution is 5.85. The summed E-state index contributed by atoms with van der Waals surface area (Å²) in [6, 6.07) is 5.23. The molecule has 3 N–H and O–H groups in total. The molecule has 0 aromatic heterocycles. The minimum Gasteiger partial charge on any atom is -0.491 e. The highest BCUT2D eigenvalue weighted by Crippen LogP contribution is 2.35. The van der Waals surface area contributed by atoms with Crippen molar-refractivity contribution in [2.24, 2.45) is 5.92 Å². The average molecular weight is 359 g/mol. The lowest BCUT2D eigenvalue weighted by molar-refractivity contribution is -0.120. The largest absolute Gasteiger partial charge is 0.491 e. The van der Waals surface area contributed by atoms with E-state index in [2.05, 4.69) is 10.6 Å². The van der Waals surface area contributed by atoms with Crippen LogP contribution in [0.15, 0.2) is 18.2 Å². The van der Waals surface area contributed by atoms with Gasteiger partial charge in [-0.25, -0.2) is 0 Å². The number of hydrogen-bond acceptors (Lipinski definition) is 6. The molecule has 0 saturated heterocycles. The first-order valence-electron chi connectivity index (χ1n) is 7.88. The quantitative estimate of drug-likeness (QED) is 0.602. The molecule has 0 bridgehead atoms. The Bertz CT molecular complexity index is 553. The zero-order chi connectivity index (χ0) is 16.1. The average Bonchev–Trinajstić information content (AvgIpc) is 3.25. The molecule has 1 heterocycles. The van der Waals surface area contributed by atoms with Gasteiger partial charge in [-0.15, -0.1) is 12.4 Å². The molecule has 2 aliphatic rings. The summed E-state index contributed by atoms with van der Waals surface area (Å²) < 4.78 is 16.0. The maximum Gasteiger partial charge on any atom is 0.234 e. The predicted octanol–water partition coefficient (Wildman–Crippen LogP) is 0.693. The van der Waals surface area contributed by atoms with Gasteiger partial charge in [0.2, 0.25) is 12.7 Å². The second-order valence-corrected chi connectivity index (χ2v) is 5.86. The Balaban J connectivity index is 0.00000208. The van der Waals surface area contributed by atoms with Crippen LogP contribution in [0, 0.1) is 5.92 Å². The number of carbonyl (C=O) groups is 1. The summed E-state index contributed by atoms with van der Waals surface area (Å²) in [7, 11) is 0. The Hall–Kier alpha value is -1.70. The molecule has 1 atom stereocenters. The number of benzene rings is 1. The first-order valence-corrected chi connectivity index (χ1v) is 7.88. The summed E-state index contributed by atoms with van der Waals surface area (Å²) in [5, 5.41) is 15.6. The van der Waals surface area contributed by atoms with Gasteiger partial charge in [0.05, 0.1) is 6.54 Å². The van der Waals surface area contributed by atoms with E-state index >= 15 is 0 Å². The van der Waals surface area contributed by atoms with E-state index in [1.54, 1.807) is 18.2 Å². The van der Waals surface area contributed by atoms with Crippen LogP contribution in [-0.2, 0) is 4.79 Å². The minimum atomic E-state index is -0.771. The van der Waals surface area contributed by atoms with E-state index < -0.39 is 6.10 Å². The molecule has 0 radical (unpaired) electrons. The molecule has 0 spiro atoms. The van der Waals surface area contributed by atoms with Crippen LogP contribution in [0.3, 0.4) is 0 Å². The number of carbonyl (C=O) groups excluding carboxylic acids is 1. The number of ether oxygens (including phenoxy) is 3. The van der Waals surface area contributed by atoms with E-state index in [1.165, 1.54) is 12.8 Å². The maximum atomic E-state index is 11.6. The van der Waals surface area contributed by atoms with Gasteiger partial charge in [0.15, 0.2) is 11.5 Å². The van der Waals surface area contributed by atoms with Crippen LogP contribution in [-0.4, -0.2) is 50.2 Å². The Morgan fingerprint density at radius 2 is 2.12 bits per heavy atom. The molecule has 7 nitrogen and oxygen atoms in total. The van der Waals surface area contributed by atoms with Gasteiger partial charge in [-0.3, -0.25) is 4.79 Å².